The van der Waals surface area contributed by atoms with E-state index in [2.05, 4.69) is 266 Å². The minimum absolute atomic E-state index is 0.170. The van der Waals surface area contributed by atoms with E-state index < -0.39 is 0 Å². The maximum atomic E-state index is 2.42. The lowest BCUT2D eigenvalue weighted by atomic mass is 9.81. The van der Waals surface area contributed by atoms with Crippen molar-refractivity contribution in [2.24, 2.45) is 0 Å². The third kappa shape index (κ3) is 6.65. The van der Waals surface area contributed by atoms with Gasteiger partial charge in [-0.3, -0.25) is 0 Å². The van der Waals surface area contributed by atoms with Crippen molar-refractivity contribution < 1.29 is 0 Å². The molecule has 0 saturated carbocycles. The SMILES string of the molecule is CC1(C)c2cc(-c3ccccc3)ccc2-c2ccc(N(c3ccc(-c4ccccc4)cc3)c3ccc(-c4ccc(-c5ccc6c(c5)c5ccccc5n6-c5ccccc5)cc4)cc3)cc21. The Morgan fingerprint density at radius 1 is 0.308 bits per heavy atom. The van der Waals surface area contributed by atoms with E-state index in [1.165, 1.54) is 94.3 Å². The maximum Gasteiger partial charge on any atom is 0.0541 e. The van der Waals surface area contributed by atoms with E-state index in [0.29, 0.717) is 0 Å². The van der Waals surface area contributed by atoms with Gasteiger partial charge in [0.25, 0.3) is 0 Å². The molecule has 65 heavy (non-hydrogen) atoms. The van der Waals surface area contributed by atoms with Crippen LogP contribution in [0.4, 0.5) is 17.1 Å². The molecule has 1 aliphatic carbocycles. The third-order valence-corrected chi connectivity index (χ3v) is 13.6. The molecule has 10 aromatic carbocycles. The zero-order valence-corrected chi connectivity index (χ0v) is 36.5. The highest BCUT2D eigenvalue weighted by molar-refractivity contribution is 6.10. The first kappa shape index (κ1) is 38.5. The molecule has 0 aliphatic heterocycles. The van der Waals surface area contributed by atoms with E-state index in [9.17, 15) is 0 Å². The molecule has 0 N–H and O–H groups in total. The van der Waals surface area contributed by atoms with Crippen LogP contribution in [0, 0.1) is 0 Å². The van der Waals surface area contributed by atoms with Gasteiger partial charge >= 0.3 is 0 Å². The Kier molecular flexibility index (Phi) is 9.21. The average Bonchev–Trinajstić information content (AvgIpc) is 3.82. The van der Waals surface area contributed by atoms with Crippen molar-refractivity contribution in [1.82, 2.24) is 4.57 Å². The normalized spacial score (nSPS) is 12.6. The van der Waals surface area contributed by atoms with Gasteiger partial charge < -0.3 is 9.47 Å². The highest BCUT2D eigenvalue weighted by Crippen LogP contribution is 2.52. The molecule has 11 aromatic rings. The lowest BCUT2D eigenvalue weighted by molar-refractivity contribution is 0.660. The van der Waals surface area contributed by atoms with E-state index >= 15 is 0 Å². The number of rotatable bonds is 8. The van der Waals surface area contributed by atoms with Crippen molar-refractivity contribution in [3.05, 3.63) is 254 Å². The van der Waals surface area contributed by atoms with Gasteiger partial charge in [0, 0.05) is 38.9 Å². The van der Waals surface area contributed by atoms with E-state index in [1.807, 2.05) is 0 Å². The fourth-order valence-corrected chi connectivity index (χ4v) is 10.2. The number of benzene rings is 10. The fraction of sp³-hybridized carbons (Fsp3) is 0.0476. The summed E-state index contributed by atoms with van der Waals surface area (Å²) in [6.07, 6.45) is 0. The number of para-hydroxylation sites is 2. The Bertz CT molecular complexity index is 3510. The highest BCUT2D eigenvalue weighted by Gasteiger charge is 2.36. The molecule has 0 saturated heterocycles. The molecule has 0 atom stereocenters. The summed E-state index contributed by atoms with van der Waals surface area (Å²) < 4.78 is 2.37. The van der Waals surface area contributed by atoms with Gasteiger partial charge in [-0.2, -0.15) is 0 Å². The van der Waals surface area contributed by atoms with Crippen LogP contribution in [-0.2, 0) is 5.41 Å². The number of aromatic nitrogens is 1. The molecule has 0 unspecified atom stereocenters. The van der Waals surface area contributed by atoms with Crippen molar-refractivity contribution in [1.29, 1.82) is 0 Å². The third-order valence-electron chi connectivity index (χ3n) is 13.6. The standard InChI is InChI=1S/C63H46N2/c1-63(2)59-41-50(44-16-8-4-9-17-44)30-37-55(59)56-38-36-54(42-60(56)63)64(52-32-26-46(27-33-52)43-14-6-3-7-15-43)53-34-28-47(29-35-53)45-22-24-48(25-23-45)49-31-39-62-58(40-49)57-20-12-13-21-61(57)65(62)51-18-10-5-11-19-51/h3-42H,1-2H3. The molecular weight excluding hydrogens is 785 g/mol. The largest absolute Gasteiger partial charge is 0.310 e. The number of nitrogens with zero attached hydrogens (tertiary/aromatic N) is 2. The molecular formula is C63H46N2. The molecule has 1 aromatic heterocycles. The predicted molar refractivity (Wildman–Crippen MR) is 275 cm³/mol. The van der Waals surface area contributed by atoms with Gasteiger partial charge in [-0.05, 0) is 140 Å². The molecule has 1 heterocycles. The number of hydrogen-bond acceptors (Lipinski definition) is 1. The Morgan fingerprint density at radius 3 is 1.32 bits per heavy atom. The van der Waals surface area contributed by atoms with Crippen LogP contribution < -0.4 is 4.90 Å². The zero-order chi connectivity index (χ0) is 43.5. The summed E-state index contributed by atoms with van der Waals surface area (Å²) in [4.78, 5) is 2.40. The Hall–Kier alpha value is -8.20. The lowest BCUT2D eigenvalue weighted by Crippen LogP contribution is -2.16. The second-order valence-electron chi connectivity index (χ2n) is 17.8. The summed E-state index contributed by atoms with van der Waals surface area (Å²) in [6, 6.07) is 88.7. The van der Waals surface area contributed by atoms with Crippen LogP contribution in [0.5, 0.6) is 0 Å². The first-order valence-electron chi connectivity index (χ1n) is 22.6. The fourth-order valence-electron chi connectivity index (χ4n) is 10.2. The number of hydrogen-bond donors (Lipinski definition) is 0. The molecule has 0 radical (unpaired) electrons. The van der Waals surface area contributed by atoms with Gasteiger partial charge in [0.2, 0.25) is 0 Å². The average molecular weight is 831 g/mol. The lowest BCUT2D eigenvalue weighted by Gasteiger charge is -2.28. The molecule has 0 spiro atoms. The first-order chi connectivity index (χ1) is 32.0. The van der Waals surface area contributed by atoms with Crippen molar-refractivity contribution in [2.45, 2.75) is 19.3 Å². The summed E-state index contributed by atoms with van der Waals surface area (Å²) in [5.74, 6) is 0. The van der Waals surface area contributed by atoms with Gasteiger partial charge in [0.15, 0.2) is 0 Å². The molecule has 0 bridgehead atoms. The van der Waals surface area contributed by atoms with E-state index in [0.717, 1.165) is 17.1 Å². The van der Waals surface area contributed by atoms with Gasteiger partial charge in [-0.1, -0.05) is 184 Å². The van der Waals surface area contributed by atoms with Gasteiger partial charge in [0.05, 0.1) is 11.0 Å². The molecule has 12 rings (SSSR count). The summed E-state index contributed by atoms with van der Waals surface area (Å²) >= 11 is 0. The molecule has 2 nitrogen and oxygen atoms in total. The summed E-state index contributed by atoms with van der Waals surface area (Å²) in [7, 11) is 0. The summed E-state index contributed by atoms with van der Waals surface area (Å²) in [5.41, 5.74) is 21.8. The monoisotopic (exact) mass is 830 g/mol. The van der Waals surface area contributed by atoms with E-state index in [-0.39, 0.29) is 5.41 Å². The number of anilines is 3. The molecule has 0 fully saturated rings. The van der Waals surface area contributed by atoms with Crippen LogP contribution in [0.25, 0.3) is 83.1 Å². The Labute approximate surface area is 381 Å². The van der Waals surface area contributed by atoms with Crippen LogP contribution in [0.2, 0.25) is 0 Å². The van der Waals surface area contributed by atoms with Crippen LogP contribution in [0.1, 0.15) is 25.0 Å². The highest BCUT2D eigenvalue weighted by atomic mass is 15.1. The minimum atomic E-state index is -0.170. The van der Waals surface area contributed by atoms with Crippen LogP contribution >= 0.6 is 0 Å². The van der Waals surface area contributed by atoms with Crippen LogP contribution in [0.15, 0.2) is 243 Å². The van der Waals surface area contributed by atoms with Crippen LogP contribution in [-0.4, -0.2) is 4.57 Å². The van der Waals surface area contributed by atoms with Crippen molar-refractivity contribution >= 4 is 38.9 Å². The second kappa shape index (κ2) is 15.6. The molecule has 0 amide bonds. The number of fused-ring (bicyclic) bond motifs is 6. The second-order valence-corrected chi connectivity index (χ2v) is 17.8. The van der Waals surface area contributed by atoms with Gasteiger partial charge in [0.1, 0.15) is 0 Å². The maximum absolute atomic E-state index is 2.42. The van der Waals surface area contributed by atoms with Crippen molar-refractivity contribution in [2.75, 3.05) is 4.90 Å². The van der Waals surface area contributed by atoms with E-state index in [4.69, 9.17) is 0 Å². The topological polar surface area (TPSA) is 8.17 Å². The molecule has 308 valence electrons. The van der Waals surface area contributed by atoms with Crippen LogP contribution in [0.3, 0.4) is 0 Å². The van der Waals surface area contributed by atoms with Gasteiger partial charge in [-0.25, -0.2) is 0 Å². The quantitative estimate of drug-likeness (QED) is 0.148. The Morgan fingerprint density at radius 2 is 0.708 bits per heavy atom. The van der Waals surface area contributed by atoms with Gasteiger partial charge in [-0.15, -0.1) is 0 Å². The summed E-state index contributed by atoms with van der Waals surface area (Å²) in [5, 5.41) is 2.52. The van der Waals surface area contributed by atoms with Crippen molar-refractivity contribution in [3.63, 3.8) is 0 Å². The van der Waals surface area contributed by atoms with E-state index in [1.54, 1.807) is 0 Å². The first-order valence-corrected chi connectivity index (χ1v) is 22.6. The molecule has 1 aliphatic rings. The summed E-state index contributed by atoms with van der Waals surface area (Å²) in [6.45, 7) is 4.75. The predicted octanol–water partition coefficient (Wildman–Crippen LogP) is 17.2. The minimum Gasteiger partial charge on any atom is -0.310 e. The Balaban J connectivity index is 0.881. The van der Waals surface area contributed by atoms with Crippen molar-refractivity contribution in [3.8, 4) is 61.3 Å². The smallest absolute Gasteiger partial charge is 0.0541 e. The molecule has 2 heteroatoms. The zero-order valence-electron chi connectivity index (χ0n) is 36.5.